The van der Waals surface area contributed by atoms with Gasteiger partial charge in [-0.1, -0.05) is 30.8 Å². The lowest BCUT2D eigenvalue weighted by Crippen LogP contribution is -2.33. The highest BCUT2D eigenvalue weighted by atomic mass is 32.2. The van der Waals surface area contributed by atoms with E-state index < -0.39 is 0 Å². The highest BCUT2D eigenvalue weighted by Crippen LogP contribution is 2.13. The zero-order valence-electron chi connectivity index (χ0n) is 10.4. The third-order valence-corrected chi connectivity index (χ3v) is 3.33. The summed E-state index contributed by atoms with van der Waals surface area (Å²) < 4.78 is 1.02. The molecule has 0 aliphatic rings. The first-order chi connectivity index (χ1) is 9.11. The Morgan fingerprint density at radius 3 is 2.63 bits per heavy atom. The Hall–Kier alpha value is -2.02. The molecule has 7 heteroatoms. The summed E-state index contributed by atoms with van der Waals surface area (Å²) in [4.78, 5) is 12.0. The van der Waals surface area contributed by atoms with E-state index in [4.69, 9.17) is 5.84 Å². The normalized spacial score (nSPS) is 10.6. The van der Waals surface area contributed by atoms with E-state index in [1.54, 1.807) is 24.3 Å². The van der Waals surface area contributed by atoms with Crippen LogP contribution in [0.5, 0.6) is 5.75 Å². The minimum atomic E-state index is -0.348. The van der Waals surface area contributed by atoms with Crippen LogP contribution in [0.4, 0.5) is 0 Å². The molecule has 100 valence electrons. The summed E-state index contributed by atoms with van der Waals surface area (Å²) in [5.74, 6) is 6.64. The topological polar surface area (TPSA) is 94.0 Å². The molecule has 0 aliphatic carbocycles. The number of nitrogens with two attached hydrogens (primary N) is 1. The van der Waals surface area contributed by atoms with Crippen LogP contribution in [-0.4, -0.2) is 25.7 Å². The van der Waals surface area contributed by atoms with Crippen molar-refractivity contribution in [3.63, 3.8) is 0 Å². The minimum Gasteiger partial charge on any atom is -0.508 e. The maximum atomic E-state index is 12.0. The quantitative estimate of drug-likeness (QED) is 0.633. The van der Waals surface area contributed by atoms with Crippen molar-refractivity contribution < 1.29 is 5.11 Å². The molecule has 1 aromatic carbocycles. The van der Waals surface area contributed by atoms with Crippen molar-refractivity contribution >= 4 is 11.8 Å². The summed E-state index contributed by atoms with van der Waals surface area (Å²) in [7, 11) is 0. The average molecular weight is 278 g/mol. The molecular formula is C12H14N4O2S. The molecule has 0 spiro atoms. The lowest BCUT2D eigenvalue weighted by atomic mass is 10.1. The van der Waals surface area contributed by atoms with Gasteiger partial charge in [-0.05, 0) is 23.4 Å². The zero-order valence-corrected chi connectivity index (χ0v) is 11.2. The molecule has 0 aliphatic heterocycles. The van der Waals surface area contributed by atoms with Crippen molar-refractivity contribution in [2.45, 2.75) is 18.5 Å². The molecule has 0 bridgehead atoms. The van der Waals surface area contributed by atoms with Gasteiger partial charge in [0, 0.05) is 6.42 Å². The highest BCUT2D eigenvalue weighted by Gasteiger charge is 2.10. The van der Waals surface area contributed by atoms with Crippen LogP contribution in [0.15, 0.2) is 34.2 Å². The summed E-state index contributed by atoms with van der Waals surface area (Å²) in [5.41, 5.74) is 0.799. The molecule has 1 heterocycles. The van der Waals surface area contributed by atoms with Gasteiger partial charge in [0.05, 0.1) is 0 Å². The van der Waals surface area contributed by atoms with E-state index in [1.165, 1.54) is 11.8 Å². The van der Waals surface area contributed by atoms with Gasteiger partial charge in [0.2, 0.25) is 5.16 Å². The molecule has 0 fully saturated rings. The number of rotatable bonds is 4. The van der Waals surface area contributed by atoms with Crippen LogP contribution in [0.25, 0.3) is 0 Å². The highest BCUT2D eigenvalue weighted by molar-refractivity contribution is 7.99. The van der Waals surface area contributed by atoms with E-state index in [0.717, 1.165) is 16.0 Å². The van der Waals surface area contributed by atoms with Crippen LogP contribution in [0, 0.1) is 0 Å². The number of thioether (sulfide) groups is 1. The standard InChI is InChI=1S/C12H14N4O2S/c1-2-19-12-15-14-10(11(18)16(12)13)7-8-3-5-9(17)6-4-8/h3-6,17H,2,7,13H2,1H3. The van der Waals surface area contributed by atoms with E-state index in [1.807, 2.05) is 6.92 Å². The SMILES string of the molecule is CCSc1nnc(Cc2ccc(O)cc2)c(=O)n1N. The van der Waals surface area contributed by atoms with Crippen LogP contribution in [0.1, 0.15) is 18.2 Å². The molecule has 0 saturated carbocycles. The predicted molar refractivity (Wildman–Crippen MR) is 73.8 cm³/mol. The minimum absolute atomic E-state index is 0.181. The number of phenols is 1. The summed E-state index contributed by atoms with van der Waals surface area (Å²) >= 11 is 1.36. The predicted octanol–water partition coefficient (Wildman–Crippen LogP) is 0.760. The van der Waals surface area contributed by atoms with Crippen molar-refractivity contribution in [1.82, 2.24) is 14.9 Å². The molecule has 0 atom stereocenters. The maximum Gasteiger partial charge on any atom is 0.294 e. The molecule has 0 radical (unpaired) electrons. The first-order valence-electron chi connectivity index (χ1n) is 5.76. The number of hydrogen-bond donors (Lipinski definition) is 2. The van der Waals surface area contributed by atoms with Crippen molar-refractivity contribution in [2.75, 3.05) is 11.6 Å². The van der Waals surface area contributed by atoms with Gasteiger partial charge in [0.15, 0.2) is 0 Å². The second-order valence-corrected chi connectivity index (χ2v) is 5.11. The Morgan fingerprint density at radius 1 is 1.32 bits per heavy atom. The Bertz CT molecular complexity index is 625. The van der Waals surface area contributed by atoms with E-state index in [-0.39, 0.29) is 17.0 Å². The maximum absolute atomic E-state index is 12.0. The summed E-state index contributed by atoms with van der Waals surface area (Å²) in [6, 6.07) is 6.58. The third-order valence-electron chi connectivity index (χ3n) is 2.51. The molecule has 3 N–H and O–H groups in total. The van der Waals surface area contributed by atoms with Gasteiger partial charge in [-0.25, -0.2) is 0 Å². The fourth-order valence-electron chi connectivity index (χ4n) is 1.57. The molecule has 0 amide bonds. The first-order valence-corrected chi connectivity index (χ1v) is 6.74. The molecule has 2 aromatic rings. The number of aromatic hydroxyl groups is 1. The molecule has 1 aromatic heterocycles. The third kappa shape index (κ3) is 3.05. The van der Waals surface area contributed by atoms with Crippen LogP contribution < -0.4 is 11.4 Å². The Morgan fingerprint density at radius 2 is 2.00 bits per heavy atom. The van der Waals surface area contributed by atoms with E-state index >= 15 is 0 Å². The molecule has 0 saturated heterocycles. The van der Waals surface area contributed by atoms with E-state index in [9.17, 15) is 9.90 Å². The van der Waals surface area contributed by atoms with Crippen molar-refractivity contribution in [1.29, 1.82) is 0 Å². The second-order valence-electron chi connectivity index (χ2n) is 3.88. The lowest BCUT2D eigenvalue weighted by Gasteiger charge is -2.06. The number of hydrogen-bond acceptors (Lipinski definition) is 6. The van der Waals surface area contributed by atoms with Gasteiger partial charge in [0.1, 0.15) is 11.4 Å². The fourth-order valence-corrected chi connectivity index (χ4v) is 2.14. The summed E-state index contributed by atoms with van der Waals surface area (Å²) in [5, 5.41) is 17.5. The monoisotopic (exact) mass is 278 g/mol. The Balaban J connectivity index is 2.29. The van der Waals surface area contributed by atoms with Crippen LogP contribution >= 0.6 is 11.8 Å². The molecule has 0 unspecified atom stereocenters. The van der Waals surface area contributed by atoms with Crippen LogP contribution in [-0.2, 0) is 6.42 Å². The van der Waals surface area contributed by atoms with Crippen LogP contribution in [0.3, 0.4) is 0 Å². The van der Waals surface area contributed by atoms with Gasteiger partial charge in [-0.15, -0.1) is 10.2 Å². The fraction of sp³-hybridized carbons (Fsp3) is 0.250. The second kappa shape index (κ2) is 5.75. The van der Waals surface area contributed by atoms with E-state index in [2.05, 4.69) is 10.2 Å². The van der Waals surface area contributed by atoms with Gasteiger partial charge < -0.3 is 10.9 Å². The van der Waals surface area contributed by atoms with Crippen molar-refractivity contribution in [3.05, 3.63) is 45.9 Å². The van der Waals surface area contributed by atoms with E-state index in [0.29, 0.717) is 11.6 Å². The lowest BCUT2D eigenvalue weighted by molar-refractivity contribution is 0.475. The van der Waals surface area contributed by atoms with Gasteiger partial charge in [0.25, 0.3) is 5.56 Å². The smallest absolute Gasteiger partial charge is 0.294 e. The van der Waals surface area contributed by atoms with Crippen molar-refractivity contribution in [3.8, 4) is 5.75 Å². The number of nitrogens with zero attached hydrogens (tertiary/aromatic N) is 3. The van der Waals surface area contributed by atoms with Crippen LogP contribution in [0.2, 0.25) is 0 Å². The van der Waals surface area contributed by atoms with Gasteiger partial charge in [-0.3, -0.25) is 4.79 Å². The number of benzene rings is 1. The largest absolute Gasteiger partial charge is 0.508 e. The average Bonchev–Trinajstić information content (AvgIpc) is 2.41. The first kappa shape index (κ1) is 13.4. The number of aromatic nitrogens is 3. The van der Waals surface area contributed by atoms with Gasteiger partial charge >= 0.3 is 0 Å². The zero-order chi connectivity index (χ0) is 13.8. The molecule has 19 heavy (non-hydrogen) atoms. The molecule has 2 rings (SSSR count). The Kier molecular flexibility index (Phi) is 4.06. The van der Waals surface area contributed by atoms with Gasteiger partial charge in [-0.2, -0.15) is 4.68 Å². The Labute approximate surface area is 114 Å². The molecule has 6 nitrogen and oxygen atoms in total. The number of phenolic OH excluding ortho intramolecular Hbond substituents is 1. The number of nitrogen functional groups attached to an aromatic ring is 1. The molecular weight excluding hydrogens is 264 g/mol. The summed E-state index contributed by atoms with van der Waals surface area (Å²) in [6.07, 6.45) is 0.334. The van der Waals surface area contributed by atoms with Crippen molar-refractivity contribution in [2.24, 2.45) is 0 Å². The summed E-state index contributed by atoms with van der Waals surface area (Å²) in [6.45, 7) is 1.95.